The summed E-state index contributed by atoms with van der Waals surface area (Å²) in [6, 6.07) is 15.1. The van der Waals surface area contributed by atoms with Crippen molar-refractivity contribution in [2.75, 3.05) is 5.32 Å². The minimum atomic E-state index is -0.248. The van der Waals surface area contributed by atoms with Crippen LogP contribution in [0.5, 0.6) is 0 Å². The van der Waals surface area contributed by atoms with Gasteiger partial charge >= 0.3 is 0 Å². The Morgan fingerprint density at radius 1 is 1.12 bits per heavy atom. The van der Waals surface area contributed by atoms with Gasteiger partial charge in [0.1, 0.15) is 5.82 Å². The molecule has 1 nitrogen and oxygen atoms in total. The van der Waals surface area contributed by atoms with Gasteiger partial charge in [0, 0.05) is 10.5 Å². The van der Waals surface area contributed by atoms with Crippen molar-refractivity contribution in [1.82, 2.24) is 0 Å². The lowest BCUT2D eigenvalue weighted by Gasteiger charge is -2.16. The highest BCUT2D eigenvalue weighted by atomic mass is 79.9. The molecule has 0 aliphatic carbocycles. The van der Waals surface area contributed by atoms with Crippen molar-refractivity contribution in [3.63, 3.8) is 0 Å². The molecule has 0 spiro atoms. The molecule has 1 atom stereocenters. The van der Waals surface area contributed by atoms with Gasteiger partial charge in [-0.05, 0) is 30.7 Å². The fraction of sp³-hybridized carbons (Fsp3) is 0.143. The van der Waals surface area contributed by atoms with Crippen LogP contribution in [0, 0.1) is 5.82 Å². The van der Waals surface area contributed by atoms with Crippen molar-refractivity contribution in [1.29, 1.82) is 0 Å². The van der Waals surface area contributed by atoms with Crippen molar-refractivity contribution in [2.24, 2.45) is 0 Å². The molecular formula is C14H13BrFN. The number of nitrogens with one attached hydrogen (secondary N) is 1. The molecular weight excluding hydrogens is 281 g/mol. The third-order valence-corrected chi connectivity index (χ3v) is 3.10. The molecule has 0 bridgehead atoms. The summed E-state index contributed by atoms with van der Waals surface area (Å²) in [5, 5.41) is 3.16. The van der Waals surface area contributed by atoms with Gasteiger partial charge in [-0.15, -0.1) is 0 Å². The second kappa shape index (κ2) is 5.32. The molecule has 0 aliphatic heterocycles. The van der Waals surface area contributed by atoms with Crippen molar-refractivity contribution in [2.45, 2.75) is 13.0 Å². The Kier molecular flexibility index (Phi) is 3.79. The summed E-state index contributed by atoms with van der Waals surface area (Å²) < 4.78 is 14.4. The molecule has 2 aromatic rings. The van der Waals surface area contributed by atoms with E-state index in [0.29, 0.717) is 5.69 Å². The maximum Gasteiger partial charge on any atom is 0.147 e. The molecule has 0 heterocycles. The number of rotatable bonds is 3. The van der Waals surface area contributed by atoms with Crippen molar-refractivity contribution in [3.05, 3.63) is 64.4 Å². The Morgan fingerprint density at radius 2 is 1.82 bits per heavy atom. The van der Waals surface area contributed by atoms with Crippen LogP contribution in [0.4, 0.5) is 10.1 Å². The fourth-order valence-corrected chi connectivity index (χ4v) is 2.00. The lowest BCUT2D eigenvalue weighted by molar-refractivity contribution is 0.626. The number of benzene rings is 2. The second-order valence-electron chi connectivity index (χ2n) is 3.90. The highest BCUT2D eigenvalue weighted by Gasteiger charge is 2.08. The number of hydrogen-bond acceptors (Lipinski definition) is 1. The molecule has 0 amide bonds. The highest BCUT2D eigenvalue weighted by Crippen LogP contribution is 2.23. The van der Waals surface area contributed by atoms with Crippen LogP contribution in [0.15, 0.2) is 53.0 Å². The van der Waals surface area contributed by atoms with Crippen LogP contribution >= 0.6 is 15.9 Å². The quantitative estimate of drug-likeness (QED) is 0.860. The first kappa shape index (κ1) is 12.1. The van der Waals surface area contributed by atoms with Gasteiger partial charge in [0.15, 0.2) is 0 Å². The van der Waals surface area contributed by atoms with Crippen molar-refractivity contribution >= 4 is 21.6 Å². The van der Waals surface area contributed by atoms with Crippen LogP contribution in [-0.2, 0) is 0 Å². The third kappa shape index (κ3) is 3.07. The lowest BCUT2D eigenvalue weighted by atomic mass is 10.1. The van der Waals surface area contributed by atoms with E-state index in [-0.39, 0.29) is 11.9 Å². The van der Waals surface area contributed by atoms with Gasteiger partial charge in [-0.25, -0.2) is 4.39 Å². The topological polar surface area (TPSA) is 12.0 Å². The largest absolute Gasteiger partial charge is 0.376 e. The van der Waals surface area contributed by atoms with Gasteiger partial charge in [0.05, 0.1) is 5.69 Å². The van der Waals surface area contributed by atoms with E-state index >= 15 is 0 Å². The third-order valence-electron chi connectivity index (χ3n) is 2.60. The molecule has 3 heteroatoms. The van der Waals surface area contributed by atoms with Gasteiger partial charge in [0.25, 0.3) is 0 Å². The summed E-state index contributed by atoms with van der Waals surface area (Å²) in [6.07, 6.45) is 0. The highest BCUT2D eigenvalue weighted by molar-refractivity contribution is 9.10. The minimum absolute atomic E-state index is 0.0758. The van der Waals surface area contributed by atoms with E-state index in [9.17, 15) is 4.39 Å². The van der Waals surface area contributed by atoms with Gasteiger partial charge < -0.3 is 5.32 Å². The minimum Gasteiger partial charge on any atom is -0.376 e. The monoisotopic (exact) mass is 293 g/mol. The Labute approximate surface area is 109 Å². The van der Waals surface area contributed by atoms with Crippen LogP contribution in [0.1, 0.15) is 18.5 Å². The average molecular weight is 294 g/mol. The van der Waals surface area contributed by atoms with Gasteiger partial charge in [-0.3, -0.25) is 0 Å². The van der Waals surface area contributed by atoms with Crippen molar-refractivity contribution < 1.29 is 4.39 Å². The zero-order valence-corrected chi connectivity index (χ0v) is 11.0. The van der Waals surface area contributed by atoms with E-state index in [0.717, 1.165) is 10.0 Å². The number of anilines is 1. The first-order valence-corrected chi connectivity index (χ1v) is 6.22. The molecule has 0 fully saturated rings. The lowest BCUT2D eigenvalue weighted by Crippen LogP contribution is -2.07. The van der Waals surface area contributed by atoms with Gasteiger partial charge in [-0.1, -0.05) is 46.3 Å². The Balaban J connectivity index is 2.16. The zero-order chi connectivity index (χ0) is 12.3. The Hall–Kier alpha value is -1.35. The molecule has 17 heavy (non-hydrogen) atoms. The van der Waals surface area contributed by atoms with Crippen LogP contribution < -0.4 is 5.32 Å². The summed E-state index contributed by atoms with van der Waals surface area (Å²) in [5.41, 5.74) is 1.65. The normalized spacial score (nSPS) is 12.2. The van der Waals surface area contributed by atoms with Crippen LogP contribution in [0.2, 0.25) is 0 Å². The van der Waals surface area contributed by atoms with Gasteiger partial charge in [0.2, 0.25) is 0 Å². The molecule has 1 unspecified atom stereocenters. The number of halogens is 2. The molecule has 88 valence electrons. The Bertz CT molecular complexity index is 499. The van der Waals surface area contributed by atoms with E-state index in [4.69, 9.17) is 0 Å². The fourth-order valence-electron chi connectivity index (χ4n) is 1.66. The standard InChI is InChI=1S/C14H13BrFN/c1-10(11-5-3-2-4-6-11)17-14-8-7-12(15)9-13(14)16/h2-10,17H,1H3. The maximum atomic E-state index is 13.6. The van der Waals surface area contributed by atoms with E-state index in [1.54, 1.807) is 6.07 Å². The Morgan fingerprint density at radius 3 is 2.47 bits per heavy atom. The van der Waals surface area contributed by atoms with Crippen LogP contribution in [0.3, 0.4) is 0 Å². The molecule has 0 saturated carbocycles. The van der Waals surface area contributed by atoms with Crippen molar-refractivity contribution in [3.8, 4) is 0 Å². The summed E-state index contributed by atoms with van der Waals surface area (Å²) in [5.74, 6) is -0.248. The second-order valence-corrected chi connectivity index (χ2v) is 4.82. The van der Waals surface area contributed by atoms with Crippen LogP contribution in [-0.4, -0.2) is 0 Å². The molecule has 0 aromatic heterocycles. The smallest absolute Gasteiger partial charge is 0.147 e. The molecule has 2 rings (SSSR count). The SMILES string of the molecule is CC(Nc1ccc(Br)cc1F)c1ccccc1. The predicted octanol–water partition coefficient (Wildman–Crippen LogP) is 4.76. The van der Waals surface area contributed by atoms with Gasteiger partial charge in [-0.2, -0.15) is 0 Å². The number of hydrogen-bond donors (Lipinski definition) is 1. The van der Waals surface area contributed by atoms with Crippen LogP contribution in [0.25, 0.3) is 0 Å². The molecule has 0 saturated heterocycles. The maximum absolute atomic E-state index is 13.6. The van der Waals surface area contributed by atoms with E-state index in [1.807, 2.05) is 43.3 Å². The predicted molar refractivity (Wildman–Crippen MR) is 72.6 cm³/mol. The summed E-state index contributed by atoms with van der Waals surface area (Å²) in [6.45, 7) is 2.01. The zero-order valence-electron chi connectivity index (χ0n) is 9.45. The first-order valence-electron chi connectivity index (χ1n) is 5.43. The average Bonchev–Trinajstić information content (AvgIpc) is 2.34. The van der Waals surface area contributed by atoms with E-state index < -0.39 is 0 Å². The molecule has 2 aromatic carbocycles. The molecule has 1 N–H and O–H groups in total. The summed E-state index contributed by atoms with van der Waals surface area (Å²) >= 11 is 3.24. The molecule has 0 aliphatic rings. The van der Waals surface area contributed by atoms with E-state index in [1.165, 1.54) is 6.07 Å². The summed E-state index contributed by atoms with van der Waals surface area (Å²) in [7, 11) is 0. The first-order chi connectivity index (χ1) is 8.16. The summed E-state index contributed by atoms with van der Waals surface area (Å²) in [4.78, 5) is 0. The molecule has 0 radical (unpaired) electrons. The van der Waals surface area contributed by atoms with E-state index in [2.05, 4.69) is 21.2 Å².